The van der Waals surface area contributed by atoms with Crippen molar-refractivity contribution in [1.82, 2.24) is 5.32 Å². The van der Waals surface area contributed by atoms with Crippen molar-refractivity contribution in [1.29, 1.82) is 0 Å². The Morgan fingerprint density at radius 2 is 2.06 bits per heavy atom. The zero-order valence-corrected chi connectivity index (χ0v) is 11.2. The number of fused-ring (bicyclic) bond motifs is 1. The van der Waals surface area contributed by atoms with Gasteiger partial charge in [0.2, 0.25) is 0 Å². The van der Waals surface area contributed by atoms with E-state index in [-0.39, 0.29) is 0 Å². The molecule has 1 N–H and O–H groups in total. The summed E-state index contributed by atoms with van der Waals surface area (Å²) in [4.78, 5) is 0. The molecule has 2 nitrogen and oxygen atoms in total. The maximum Gasteiger partial charge on any atom is 0.122 e. The molecule has 1 aliphatic heterocycles. The molecule has 0 atom stereocenters. The van der Waals surface area contributed by atoms with Gasteiger partial charge >= 0.3 is 0 Å². The molecule has 1 aliphatic carbocycles. The van der Waals surface area contributed by atoms with Gasteiger partial charge < -0.3 is 10.1 Å². The Hall–Kier alpha value is -1.02. The van der Waals surface area contributed by atoms with E-state index in [0.717, 1.165) is 37.3 Å². The Labute approximate surface area is 110 Å². The molecule has 18 heavy (non-hydrogen) atoms. The molecule has 98 valence electrons. The van der Waals surface area contributed by atoms with Gasteiger partial charge in [0.25, 0.3) is 0 Å². The van der Waals surface area contributed by atoms with Crippen molar-refractivity contribution in [3.8, 4) is 5.75 Å². The van der Waals surface area contributed by atoms with Gasteiger partial charge in [-0.15, -0.1) is 0 Å². The third-order valence-corrected chi connectivity index (χ3v) is 4.36. The van der Waals surface area contributed by atoms with Crippen molar-refractivity contribution in [3.63, 3.8) is 0 Å². The monoisotopic (exact) mass is 245 g/mol. The van der Waals surface area contributed by atoms with Gasteiger partial charge in [-0.25, -0.2) is 0 Å². The van der Waals surface area contributed by atoms with E-state index < -0.39 is 0 Å². The summed E-state index contributed by atoms with van der Waals surface area (Å²) in [6.07, 6.45) is 6.53. The molecule has 0 bridgehead atoms. The van der Waals surface area contributed by atoms with Crippen LogP contribution in [0.15, 0.2) is 18.2 Å². The Morgan fingerprint density at radius 1 is 1.22 bits per heavy atom. The fourth-order valence-corrected chi connectivity index (χ4v) is 3.08. The lowest BCUT2D eigenvalue weighted by atomic mass is 9.87. The number of hydrogen-bond acceptors (Lipinski definition) is 2. The van der Waals surface area contributed by atoms with Gasteiger partial charge in [-0.05, 0) is 48.8 Å². The fraction of sp³-hybridized carbons (Fsp3) is 0.625. The second kappa shape index (κ2) is 5.31. The summed E-state index contributed by atoms with van der Waals surface area (Å²) in [5.41, 5.74) is 2.78. The highest BCUT2D eigenvalue weighted by molar-refractivity contribution is 5.39. The fourth-order valence-electron chi connectivity index (χ4n) is 3.08. The topological polar surface area (TPSA) is 21.3 Å². The molecule has 0 radical (unpaired) electrons. The zero-order chi connectivity index (χ0) is 12.4. The van der Waals surface area contributed by atoms with E-state index >= 15 is 0 Å². The summed E-state index contributed by atoms with van der Waals surface area (Å²) in [6.45, 7) is 4.23. The van der Waals surface area contributed by atoms with E-state index in [2.05, 4.69) is 30.4 Å². The van der Waals surface area contributed by atoms with E-state index in [0.29, 0.717) is 0 Å². The minimum absolute atomic E-state index is 0.728. The predicted molar refractivity (Wildman–Crippen MR) is 73.9 cm³/mol. The first-order chi connectivity index (χ1) is 8.81. The van der Waals surface area contributed by atoms with Crippen LogP contribution in [0.3, 0.4) is 0 Å². The predicted octanol–water partition coefficient (Wildman–Crippen LogP) is 3.29. The van der Waals surface area contributed by atoms with Crippen LogP contribution in [-0.4, -0.2) is 12.6 Å². The molecule has 1 fully saturated rings. The minimum atomic E-state index is 0.728. The Bertz CT molecular complexity index is 408. The molecule has 3 rings (SSSR count). The van der Waals surface area contributed by atoms with Crippen LogP contribution in [0.4, 0.5) is 0 Å². The molecule has 1 heterocycles. The standard InChI is InChI=1S/C16H23NO/c1-12-2-5-15(6-3-12)17-11-13-4-7-16-14(10-13)8-9-18-16/h4,7,10,12,15,17H,2-3,5-6,8-9,11H2,1H3. The molecule has 1 aromatic rings. The number of nitrogens with one attached hydrogen (secondary N) is 1. The van der Waals surface area contributed by atoms with Crippen LogP contribution < -0.4 is 10.1 Å². The maximum absolute atomic E-state index is 5.54. The van der Waals surface area contributed by atoms with E-state index in [1.807, 2.05) is 0 Å². The van der Waals surface area contributed by atoms with Crippen molar-refractivity contribution in [2.24, 2.45) is 5.92 Å². The normalized spacial score (nSPS) is 26.7. The highest BCUT2D eigenvalue weighted by Gasteiger charge is 2.18. The van der Waals surface area contributed by atoms with Crippen molar-refractivity contribution in [2.75, 3.05) is 6.61 Å². The highest BCUT2D eigenvalue weighted by Crippen LogP contribution is 2.27. The Balaban J connectivity index is 1.54. The second-order valence-electron chi connectivity index (χ2n) is 5.88. The third-order valence-electron chi connectivity index (χ3n) is 4.36. The first-order valence-electron chi connectivity index (χ1n) is 7.29. The summed E-state index contributed by atoms with van der Waals surface area (Å²) in [5, 5.41) is 3.71. The van der Waals surface area contributed by atoms with Gasteiger partial charge in [0.15, 0.2) is 0 Å². The minimum Gasteiger partial charge on any atom is -0.493 e. The average molecular weight is 245 g/mol. The lowest BCUT2D eigenvalue weighted by Gasteiger charge is -2.27. The van der Waals surface area contributed by atoms with Gasteiger partial charge in [0.05, 0.1) is 6.61 Å². The van der Waals surface area contributed by atoms with Crippen molar-refractivity contribution >= 4 is 0 Å². The van der Waals surface area contributed by atoms with Crippen molar-refractivity contribution in [3.05, 3.63) is 29.3 Å². The zero-order valence-electron chi connectivity index (χ0n) is 11.2. The second-order valence-corrected chi connectivity index (χ2v) is 5.88. The molecule has 0 aromatic heterocycles. The Kier molecular flexibility index (Phi) is 3.55. The lowest BCUT2D eigenvalue weighted by molar-refractivity contribution is 0.306. The summed E-state index contributed by atoms with van der Waals surface area (Å²) >= 11 is 0. The van der Waals surface area contributed by atoms with Gasteiger partial charge in [0, 0.05) is 19.0 Å². The number of ether oxygens (including phenoxy) is 1. The van der Waals surface area contributed by atoms with Crippen molar-refractivity contribution < 1.29 is 4.74 Å². The molecule has 1 saturated carbocycles. The molecule has 2 heteroatoms. The van der Waals surface area contributed by atoms with Crippen LogP contribution >= 0.6 is 0 Å². The average Bonchev–Trinajstić information content (AvgIpc) is 2.85. The van der Waals surface area contributed by atoms with Crippen LogP contribution in [0.1, 0.15) is 43.7 Å². The van der Waals surface area contributed by atoms with Crippen LogP contribution in [-0.2, 0) is 13.0 Å². The molecule has 2 aliphatic rings. The van der Waals surface area contributed by atoms with Crippen LogP contribution in [0.5, 0.6) is 5.75 Å². The first kappa shape index (κ1) is 12.0. The number of hydrogen-bond donors (Lipinski definition) is 1. The molecule has 0 unspecified atom stereocenters. The van der Waals surface area contributed by atoms with Gasteiger partial charge in [0.1, 0.15) is 5.75 Å². The van der Waals surface area contributed by atoms with E-state index in [1.54, 1.807) is 0 Å². The van der Waals surface area contributed by atoms with Crippen LogP contribution in [0.2, 0.25) is 0 Å². The number of benzene rings is 1. The SMILES string of the molecule is CC1CCC(NCc2ccc3c(c2)CCO3)CC1. The molecule has 1 aromatic carbocycles. The maximum atomic E-state index is 5.54. The van der Waals surface area contributed by atoms with Gasteiger partial charge in [-0.2, -0.15) is 0 Å². The quantitative estimate of drug-likeness (QED) is 0.882. The summed E-state index contributed by atoms with van der Waals surface area (Å²) in [5.74, 6) is 2.02. The number of rotatable bonds is 3. The van der Waals surface area contributed by atoms with E-state index in [9.17, 15) is 0 Å². The molecule has 0 spiro atoms. The van der Waals surface area contributed by atoms with Gasteiger partial charge in [-0.3, -0.25) is 0 Å². The molecule has 0 saturated heterocycles. The summed E-state index contributed by atoms with van der Waals surface area (Å²) in [6, 6.07) is 7.36. The van der Waals surface area contributed by atoms with Crippen molar-refractivity contribution in [2.45, 2.75) is 51.6 Å². The van der Waals surface area contributed by atoms with Gasteiger partial charge in [-0.1, -0.05) is 19.1 Å². The Morgan fingerprint density at radius 3 is 2.89 bits per heavy atom. The van der Waals surface area contributed by atoms with Crippen LogP contribution in [0, 0.1) is 5.92 Å². The summed E-state index contributed by atoms with van der Waals surface area (Å²) < 4.78 is 5.54. The molecule has 0 amide bonds. The smallest absolute Gasteiger partial charge is 0.122 e. The highest BCUT2D eigenvalue weighted by atomic mass is 16.5. The lowest BCUT2D eigenvalue weighted by Crippen LogP contribution is -2.32. The van der Waals surface area contributed by atoms with E-state index in [4.69, 9.17) is 4.74 Å². The van der Waals surface area contributed by atoms with Crippen LogP contribution in [0.25, 0.3) is 0 Å². The first-order valence-corrected chi connectivity index (χ1v) is 7.29. The molecular weight excluding hydrogens is 222 g/mol. The van der Waals surface area contributed by atoms with E-state index in [1.165, 1.54) is 36.8 Å². The largest absolute Gasteiger partial charge is 0.493 e. The molecular formula is C16H23NO. The third kappa shape index (κ3) is 2.69. The summed E-state index contributed by atoms with van der Waals surface area (Å²) in [7, 11) is 0.